The number of benzene rings is 1. The summed E-state index contributed by atoms with van der Waals surface area (Å²) in [4.78, 5) is 30.2. The third-order valence-corrected chi connectivity index (χ3v) is 5.55. The average molecular weight is 444 g/mol. The number of carbonyl (C=O) groups is 2. The van der Waals surface area contributed by atoms with Crippen LogP contribution in [0.4, 0.5) is 10.5 Å². The van der Waals surface area contributed by atoms with Crippen molar-refractivity contribution in [3.8, 4) is 0 Å². The van der Waals surface area contributed by atoms with Crippen molar-refractivity contribution in [1.29, 1.82) is 0 Å². The number of urea groups is 1. The number of H-pyrrole nitrogens is 1. The first-order valence-electron chi connectivity index (χ1n) is 10.00. The highest BCUT2D eigenvalue weighted by Gasteiger charge is 2.23. The summed E-state index contributed by atoms with van der Waals surface area (Å²) < 4.78 is 10.6. The summed E-state index contributed by atoms with van der Waals surface area (Å²) >= 11 is 6.19. The Bertz CT molecular complexity index is 1070. The number of hydrogen-bond acceptors (Lipinski definition) is 4. The summed E-state index contributed by atoms with van der Waals surface area (Å²) in [7, 11) is 0. The van der Waals surface area contributed by atoms with Gasteiger partial charge in [0.15, 0.2) is 0 Å². The third-order valence-electron chi connectivity index (χ3n) is 5.14. The molecule has 0 aliphatic rings. The molecule has 0 fully saturated rings. The molecule has 1 aromatic carbocycles. The zero-order valence-electron chi connectivity index (χ0n) is 18.0. The molecule has 2 N–H and O–H groups in total. The maximum atomic E-state index is 13.2. The normalized spacial score (nSPS) is 10.7. The second kappa shape index (κ2) is 9.75. The largest absolute Gasteiger partial charge is 0.467 e. The Kier molecular flexibility index (Phi) is 7.07. The van der Waals surface area contributed by atoms with E-state index in [1.165, 1.54) is 0 Å². The van der Waals surface area contributed by atoms with Gasteiger partial charge >= 0.3 is 12.0 Å². The van der Waals surface area contributed by atoms with Gasteiger partial charge in [-0.2, -0.15) is 0 Å². The molecule has 0 bridgehead atoms. The van der Waals surface area contributed by atoms with Gasteiger partial charge in [0.25, 0.3) is 0 Å². The minimum absolute atomic E-state index is 0.261. The topological polar surface area (TPSA) is 87.6 Å². The van der Waals surface area contributed by atoms with Gasteiger partial charge in [-0.1, -0.05) is 17.7 Å². The molecule has 0 spiro atoms. The van der Waals surface area contributed by atoms with Crippen LogP contribution in [-0.4, -0.2) is 28.5 Å². The second-order valence-electron chi connectivity index (χ2n) is 7.23. The van der Waals surface area contributed by atoms with Crippen molar-refractivity contribution in [3.05, 3.63) is 75.5 Å². The molecule has 0 aliphatic carbocycles. The van der Waals surface area contributed by atoms with Gasteiger partial charge < -0.3 is 24.4 Å². The number of anilines is 1. The fourth-order valence-corrected chi connectivity index (χ4v) is 3.53. The number of aromatic nitrogens is 1. The van der Waals surface area contributed by atoms with Crippen LogP contribution in [0.1, 0.15) is 45.6 Å². The molecule has 7 nitrogen and oxygen atoms in total. The summed E-state index contributed by atoms with van der Waals surface area (Å²) in [5.41, 5.74) is 4.24. The highest BCUT2D eigenvalue weighted by atomic mass is 35.5. The smallest absolute Gasteiger partial charge is 0.355 e. The molecular formula is C23H26ClN3O4. The van der Waals surface area contributed by atoms with Crippen molar-refractivity contribution in [2.24, 2.45) is 0 Å². The van der Waals surface area contributed by atoms with Gasteiger partial charge in [-0.05, 0) is 68.7 Å². The average Bonchev–Trinajstić information content (AvgIpc) is 3.34. The van der Waals surface area contributed by atoms with E-state index >= 15 is 0 Å². The first kappa shape index (κ1) is 22.5. The number of halogens is 1. The van der Waals surface area contributed by atoms with Crippen molar-refractivity contribution in [2.45, 2.75) is 40.8 Å². The number of hydrogen-bond donors (Lipinski definition) is 2. The molecule has 3 aromatic rings. The van der Waals surface area contributed by atoms with Crippen LogP contribution in [0.2, 0.25) is 5.02 Å². The van der Waals surface area contributed by atoms with E-state index in [0.29, 0.717) is 22.2 Å². The van der Waals surface area contributed by atoms with Crippen LogP contribution in [0.15, 0.2) is 41.0 Å². The number of carbonyl (C=O) groups excluding carboxylic acids is 2. The predicted octanol–water partition coefficient (Wildman–Crippen LogP) is 5.60. The number of amides is 2. The molecule has 0 aliphatic heterocycles. The van der Waals surface area contributed by atoms with Crippen molar-refractivity contribution >= 4 is 29.3 Å². The fraction of sp³-hybridized carbons (Fsp3) is 0.304. The SMILES string of the molecule is CCOC(=O)c1[nH]c(C)c(CN(Cc2ccco2)C(=O)Nc2cccc(Cl)c2C)c1C. The standard InChI is InChI=1S/C23H26ClN3O4/c1-5-30-22(28)21-14(2)18(16(4)25-21)13-27(12-17-8-7-11-31-17)23(29)26-20-10-6-9-19(24)15(20)3/h6-11,25H,5,12-13H2,1-4H3,(H,26,29). The Morgan fingerprint density at radius 1 is 1.13 bits per heavy atom. The number of aromatic amines is 1. The van der Waals surface area contributed by atoms with E-state index in [0.717, 1.165) is 22.4 Å². The molecule has 2 amide bonds. The maximum Gasteiger partial charge on any atom is 0.355 e. The third kappa shape index (κ3) is 5.11. The molecular weight excluding hydrogens is 418 g/mol. The van der Waals surface area contributed by atoms with Gasteiger partial charge in [0.05, 0.1) is 19.4 Å². The van der Waals surface area contributed by atoms with E-state index in [9.17, 15) is 9.59 Å². The van der Waals surface area contributed by atoms with E-state index in [1.807, 2.05) is 26.8 Å². The van der Waals surface area contributed by atoms with Gasteiger partial charge in [0, 0.05) is 22.9 Å². The molecule has 2 heterocycles. The fourth-order valence-electron chi connectivity index (χ4n) is 3.35. The Morgan fingerprint density at radius 3 is 2.58 bits per heavy atom. The van der Waals surface area contributed by atoms with Crippen LogP contribution in [0, 0.1) is 20.8 Å². The highest BCUT2D eigenvalue weighted by Crippen LogP contribution is 2.25. The molecule has 0 atom stereocenters. The first-order chi connectivity index (χ1) is 14.8. The molecule has 0 unspecified atom stereocenters. The number of rotatable bonds is 7. The molecule has 164 valence electrons. The van der Waals surface area contributed by atoms with E-state index in [-0.39, 0.29) is 25.7 Å². The minimum atomic E-state index is -0.411. The van der Waals surface area contributed by atoms with Gasteiger partial charge in [0.1, 0.15) is 11.5 Å². The van der Waals surface area contributed by atoms with Crippen molar-refractivity contribution in [1.82, 2.24) is 9.88 Å². The van der Waals surface area contributed by atoms with Gasteiger partial charge in [-0.25, -0.2) is 9.59 Å². The monoisotopic (exact) mass is 443 g/mol. The zero-order valence-corrected chi connectivity index (χ0v) is 18.8. The van der Waals surface area contributed by atoms with Crippen LogP contribution < -0.4 is 5.32 Å². The Balaban J connectivity index is 1.89. The zero-order chi connectivity index (χ0) is 22.5. The lowest BCUT2D eigenvalue weighted by molar-refractivity contribution is 0.0519. The number of aryl methyl sites for hydroxylation is 1. The number of furan rings is 1. The lowest BCUT2D eigenvalue weighted by Crippen LogP contribution is -2.34. The maximum absolute atomic E-state index is 13.2. The number of nitrogens with zero attached hydrogens (tertiary/aromatic N) is 1. The Morgan fingerprint density at radius 2 is 1.90 bits per heavy atom. The molecule has 0 radical (unpaired) electrons. The van der Waals surface area contributed by atoms with E-state index in [4.69, 9.17) is 20.8 Å². The Labute approximate surface area is 186 Å². The number of nitrogens with one attached hydrogen (secondary N) is 2. The Hall–Kier alpha value is -3.19. The molecule has 0 saturated heterocycles. The first-order valence-corrected chi connectivity index (χ1v) is 10.4. The van der Waals surface area contributed by atoms with Gasteiger partial charge in [0.2, 0.25) is 0 Å². The predicted molar refractivity (Wildman–Crippen MR) is 119 cm³/mol. The van der Waals surface area contributed by atoms with Crippen molar-refractivity contribution < 1.29 is 18.7 Å². The van der Waals surface area contributed by atoms with Crippen molar-refractivity contribution in [3.63, 3.8) is 0 Å². The highest BCUT2D eigenvalue weighted by molar-refractivity contribution is 6.31. The summed E-state index contributed by atoms with van der Waals surface area (Å²) in [6.45, 7) is 8.15. The summed E-state index contributed by atoms with van der Waals surface area (Å²) in [5.74, 6) is 0.236. The molecule has 31 heavy (non-hydrogen) atoms. The summed E-state index contributed by atoms with van der Waals surface area (Å²) in [6, 6.07) is 8.64. The minimum Gasteiger partial charge on any atom is -0.467 e. The molecule has 0 saturated carbocycles. The van der Waals surface area contributed by atoms with Gasteiger partial charge in [-0.3, -0.25) is 0 Å². The van der Waals surface area contributed by atoms with Crippen molar-refractivity contribution in [2.75, 3.05) is 11.9 Å². The lowest BCUT2D eigenvalue weighted by Gasteiger charge is -2.23. The second-order valence-corrected chi connectivity index (χ2v) is 7.63. The van der Waals surface area contributed by atoms with E-state index in [1.54, 1.807) is 42.4 Å². The van der Waals surface area contributed by atoms with Crippen LogP contribution in [0.25, 0.3) is 0 Å². The quantitative estimate of drug-likeness (QED) is 0.465. The molecule has 2 aromatic heterocycles. The summed E-state index contributed by atoms with van der Waals surface area (Å²) in [6.07, 6.45) is 1.57. The molecule has 3 rings (SSSR count). The lowest BCUT2D eigenvalue weighted by atomic mass is 10.1. The number of esters is 1. The van der Waals surface area contributed by atoms with Gasteiger partial charge in [-0.15, -0.1) is 0 Å². The van der Waals surface area contributed by atoms with Crippen LogP contribution in [-0.2, 0) is 17.8 Å². The van der Waals surface area contributed by atoms with E-state index < -0.39 is 5.97 Å². The number of ether oxygens (including phenoxy) is 1. The van der Waals surface area contributed by atoms with Crippen LogP contribution >= 0.6 is 11.6 Å². The van der Waals surface area contributed by atoms with Crippen LogP contribution in [0.5, 0.6) is 0 Å². The van der Waals surface area contributed by atoms with Crippen LogP contribution in [0.3, 0.4) is 0 Å². The van der Waals surface area contributed by atoms with E-state index in [2.05, 4.69) is 10.3 Å². The molecule has 8 heteroatoms. The summed E-state index contributed by atoms with van der Waals surface area (Å²) in [5, 5.41) is 3.51.